The molecule has 8 aromatic rings. The molecule has 4 heteroatoms. The number of fused-ring (bicyclic) bond motifs is 4. The molecule has 1 saturated carbocycles. The van der Waals surface area contributed by atoms with E-state index < -0.39 is 0 Å². The van der Waals surface area contributed by atoms with Crippen LogP contribution in [-0.4, -0.2) is 34.7 Å². The molecule has 0 radical (unpaired) electrons. The molecule has 4 nitrogen and oxygen atoms in total. The van der Waals surface area contributed by atoms with E-state index in [0.29, 0.717) is 11.5 Å². The first-order valence-corrected chi connectivity index (χ1v) is 23.4. The summed E-state index contributed by atoms with van der Waals surface area (Å²) < 4.78 is 0. The van der Waals surface area contributed by atoms with Crippen LogP contribution in [0.15, 0.2) is 180 Å². The third kappa shape index (κ3) is 7.39. The highest BCUT2D eigenvalue weighted by atomic mass is 16.3. The predicted octanol–water partition coefficient (Wildman–Crippen LogP) is 14.0. The lowest BCUT2D eigenvalue weighted by molar-refractivity contribution is 0.390. The summed E-state index contributed by atoms with van der Waals surface area (Å²) >= 11 is 0. The van der Waals surface area contributed by atoms with Crippen LogP contribution in [0.2, 0.25) is 0 Å². The van der Waals surface area contributed by atoms with Crippen LogP contribution in [0.25, 0.3) is 21.5 Å². The minimum atomic E-state index is -0.0541. The Bertz CT molecular complexity index is 2820. The fourth-order valence-corrected chi connectivity index (χ4v) is 11.7. The maximum Gasteiger partial charge on any atom is 0.128 e. The summed E-state index contributed by atoms with van der Waals surface area (Å²) in [7, 11) is 0. The lowest BCUT2D eigenvalue weighted by Crippen LogP contribution is -2.27. The molecule has 3 aliphatic carbocycles. The SMILES string of the molecule is Oc1c(C=NC2CCCC[C@@H]2N=Cc2cc3ccccc3c(C3c4ccccc4CCC3c3ccccc3)c2O)cc2ccccc2c1C1c2ccccc2CCC1c1ccccc1. The molecule has 2 N–H and O–H groups in total. The molecule has 0 aliphatic heterocycles. The summed E-state index contributed by atoms with van der Waals surface area (Å²) in [4.78, 5) is 10.6. The van der Waals surface area contributed by atoms with Crippen molar-refractivity contribution in [2.45, 2.75) is 87.1 Å². The lowest BCUT2D eigenvalue weighted by Gasteiger charge is -2.36. The molecule has 0 bridgehead atoms. The molecule has 0 heterocycles. The molecule has 5 unspecified atom stereocenters. The van der Waals surface area contributed by atoms with E-state index in [1.165, 1.54) is 33.4 Å². The van der Waals surface area contributed by atoms with Gasteiger partial charge >= 0.3 is 0 Å². The number of aryl methyl sites for hydroxylation is 2. The van der Waals surface area contributed by atoms with Crippen LogP contribution in [-0.2, 0) is 12.8 Å². The monoisotopic (exact) mass is 834 g/mol. The highest BCUT2D eigenvalue weighted by molar-refractivity contribution is 5.98. The molecule has 11 rings (SSSR count). The highest BCUT2D eigenvalue weighted by Crippen LogP contribution is 2.53. The van der Waals surface area contributed by atoms with Gasteiger partial charge < -0.3 is 10.2 Å². The second kappa shape index (κ2) is 17.4. The van der Waals surface area contributed by atoms with Gasteiger partial charge in [0, 0.05) is 46.5 Å². The summed E-state index contributed by atoms with van der Waals surface area (Å²) in [5, 5.41) is 29.4. The Morgan fingerprint density at radius 3 is 1.27 bits per heavy atom. The van der Waals surface area contributed by atoms with Crippen molar-refractivity contribution in [2.75, 3.05) is 0 Å². The van der Waals surface area contributed by atoms with Crippen molar-refractivity contribution in [3.8, 4) is 11.5 Å². The fourth-order valence-electron chi connectivity index (χ4n) is 11.7. The summed E-state index contributed by atoms with van der Waals surface area (Å²) in [6.45, 7) is 0. The molecule has 8 aromatic carbocycles. The predicted molar refractivity (Wildman–Crippen MR) is 264 cm³/mol. The van der Waals surface area contributed by atoms with E-state index in [1.807, 2.05) is 12.4 Å². The molecule has 64 heavy (non-hydrogen) atoms. The van der Waals surface area contributed by atoms with Crippen molar-refractivity contribution in [3.63, 3.8) is 0 Å². The van der Waals surface area contributed by atoms with E-state index in [1.54, 1.807) is 0 Å². The van der Waals surface area contributed by atoms with Crippen molar-refractivity contribution in [1.29, 1.82) is 0 Å². The van der Waals surface area contributed by atoms with E-state index in [4.69, 9.17) is 9.98 Å². The molecule has 316 valence electrons. The van der Waals surface area contributed by atoms with Crippen LogP contribution in [0, 0.1) is 0 Å². The number of aromatic hydroxyl groups is 2. The Kier molecular flexibility index (Phi) is 10.9. The van der Waals surface area contributed by atoms with E-state index in [2.05, 4.69) is 170 Å². The largest absolute Gasteiger partial charge is 0.507 e. The van der Waals surface area contributed by atoms with Gasteiger partial charge in [0.05, 0.1) is 12.1 Å². The molecular formula is C60H54N2O2. The number of nitrogens with zero attached hydrogens (tertiary/aromatic N) is 2. The Morgan fingerprint density at radius 1 is 0.422 bits per heavy atom. The van der Waals surface area contributed by atoms with E-state index in [9.17, 15) is 10.2 Å². The molecular weight excluding hydrogens is 781 g/mol. The smallest absolute Gasteiger partial charge is 0.128 e. The van der Waals surface area contributed by atoms with Crippen molar-refractivity contribution in [3.05, 3.63) is 225 Å². The van der Waals surface area contributed by atoms with Gasteiger partial charge in [0.15, 0.2) is 0 Å². The zero-order valence-corrected chi connectivity index (χ0v) is 36.2. The van der Waals surface area contributed by atoms with Gasteiger partial charge in [-0.3, -0.25) is 9.98 Å². The van der Waals surface area contributed by atoms with Crippen LogP contribution < -0.4 is 0 Å². The topological polar surface area (TPSA) is 65.2 Å². The standard InChI is InChI=1S/C60H54N2O2/c63-59-45(35-43-23-9-13-27-49(43)57(59)55-47-25-11-7-21-41(47)31-33-51(55)39-17-3-1-4-18-39)37-61-53-29-15-16-30-54(53)62-38-46-36-44-24-10-14-28-50(44)58(60(46)64)56-48-26-12-8-22-42(48)32-34-52(56)40-19-5-2-6-20-40/h1-14,17-28,35-38,51-56,63-64H,15-16,29-34H2/t51?,52?,53-,54?,55?,56?/m0/s1. The molecule has 0 saturated heterocycles. The second-order valence-corrected chi connectivity index (χ2v) is 18.3. The highest BCUT2D eigenvalue weighted by Gasteiger charge is 2.37. The van der Waals surface area contributed by atoms with E-state index in [0.717, 1.165) is 95.2 Å². The first-order valence-electron chi connectivity index (χ1n) is 23.4. The van der Waals surface area contributed by atoms with E-state index in [-0.39, 0.29) is 35.8 Å². The molecule has 0 spiro atoms. The second-order valence-electron chi connectivity index (χ2n) is 18.3. The Balaban J connectivity index is 0.966. The molecule has 1 fully saturated rings. The first-order chi connectivity index (χ1) is 31.6. The van der Waals surface area contributed by atoms with Gasteiger partial charge in [0.2, 0.25) is 0 Å². The van der Waals surface area contributed by atoms with Crippen LogP contribution in [0.5, 0.6) is 11.5 Å². The van der Waals surface area contributed by atoms with Gasteiger partial charge in [0.1, 0.15) is 11.5 Å². The normalized spacial score (nSPS) is 22.2. The van der Waals surface area contributed by atoms with Crippen molar-refractivity contribution in [1.82, 2.24) is 0 Å². The van der Waals surface area contributed by atoms with Crippen LogP contribution in [0.3, 0.4) is 0 Å². The number of phenolic OH excluding ortho intramolecular Hbond substituents is 2. The van der Waals surface area contributed by atoms with Gasteiger partial charge in [-0.25, -0.2) is 0 Å². The van der Waals surface area contributed by atoms with Crippen LogP contribution in [0.1, 0.15) is 118 Å². The molecule has 6 atom stereocenters. The van der Waals surface area contributed by atoms with E-state index >= 15 is 0 Å². The summed E-state index contributed by atoms with van der Waals surface area (Å²) in [6.07, 6.45) is 11.9. The number of rotatable bonds is 8. The average Bonchev–Trinajstić information content (AvgIpc) is 3.35. The van der Waals surface area contributed by atoms with Gasteiger partial charge in [-0.1, -0.05) is 171 Å². The van der Waals surface area contributed by atoms with Gasteiger partial charge in [-0.2, -0.15) is 0 Å². The van der Waals surface area contributed by atoms with Gasteiger partial charge in [0.25, 0.3) is 0 Å². The van der Waals surface area contributed by atoms with Crippen molar-refractivity contribution >= 4 is 34.0 Å². The fraction of sp³-hybridized carbons (Fsp3) is 0.233. The van der Waals surface area contributed by atoms with Gasteiger partial charge in [-0.15, -0.1) is 0 Å². The summed E-state index contributed by atoms with van der Waals surface area (Å²) in [5.74, 6) is 1.04. The number of phenols is 2. The zero-order chi connectivity index (χ0) is 43.0. The maximum absolute atomic E-state index is 12.5. The minimum absolute atomic E-state index is 0.0118. The summed E-state index contributed by atoms with van der Waals surface area (Å²) in [6, 6.07) is 60.4. The zero-order valence-electron chi connectivity index (χ0n) is 36.2. The maximum atomic E-state index is 12.5. The Hall–Kier alpha value is -6.78. The lowest BCUT2D eigenvalue weighted by atomic mass is 9.68. The minimum Gasteiger partial charge on any atom is -0.507 e. The Labute approximate surface area is 376 Å². The first kappa shape index (κ1) is 40.0. The van der Waals surface area contributed by atoms with Crippen molar-refractivity contribution in [2.24, 2.45) is 9.98 Å². The third-order valence-electron chi connectivity index (χ3n) is 14.8. The third-order valence-corrected chi connectivity index (χ3v) is 14.8. The number of benzene rings is 8. The number of hydrogen-bond acceptors (Lipinski definition) is 4. The number of aliphatic imine (C=N–C) groups is 2. The molecule has 0 amide bonds. The average molecular weight is 835 g/mol. The molecule has 0 aromatic heterocycles. The Morgan fingerprint density at radius 2 is 0.812 bits per heavy atom. The summed E-state index contributed by atoms with van der Waals surface area (Å²) in [5.41, 5.74) is 11.4. The van der Waals surface area contributed by atoms with Gasteiger partial charge in [-0.05, 0) is 117 Å². The van der Waals surface area contributed by atoms with Crippen LogP contribution >= 0.6 is 0 Å². The van der Waals surface area contributed by atoms with Crippen molar-refractivity contribution < 1.29 is 10.2 Å². The number of hydrogen-bond donors (Lipinski definition) is 2. The quantitative estimate of drug-likeness (QED) is 0.150. The molecule has 3 aliphatic rings. The van der Waals surface area contributed by atoms with Crippen LogP contribution in [0.4, 0.5) is 0 Å².